The predicted octanol–water partition coefficient (Wildman–Crippen LogP) is 4.78. The number of halogens is 3. The Balaban J connectivity index is 1.20. The molecule has 4 rings (SSSR count). The van der Waals surface area contributed by atoms with E-state index in [1.54, 1.807) is 12.1 Å². The molecule has 0 radical (unpaired) electrons. The second-order valence-corrected chi connectivity index (χ2v) is 9.49. The number of piperidine rings is 1. The largest absolute Gasteiger partial charge is 0.423 e. The summed E-state index contributed by atoms with van der Waals surface area (Å²) >= 11 is 0. The van der Waals surface area contributed by atoms with Crippen LogP contribution < -0.4 is 10.2 Å². The summed E-state index contributed by atoms with van der Waals surface area (Å²) in [6, 6.07) is 10.4. The van der Waals surface area contributed by atoms with Crippen molar-refractivity contribution < 1.29 is 22.9 Å². The smallest absolute Gasteiger partial charge is 0.382 e. The molecule has 2 aliphatic rings. The number of carbonyl (C=O) groups excluding carboxylic acids is 1. The van der Waals surface area contributed by atoms with Gasteiger partial charge in [0.1, 0.15) is 5.56 Å². The topological polar surface area (TPSA) is 86.3 Å². The molecule has 0 atom stereocenters. The first-order valence-electron chi connectivity index (χ1n) is 12.5. The fourth-order valence-electron chi connectivity index (χ4n) is 4.91. The van der Waals surface area contributed by atoms with Crippen LogP contribution in [-0.2, 0) is 11.0 Å². The van der Waals surface area contributed by atoms with Gasteiger partial charge in [0.25, 0.3) is 5.69 Å². The number of nitro benzene ring substituents is 1. The fraction of sp³-hybridized carbons (Fsp3) is 0.462. The molecule has 2 fully saturated rings. The van der Waals surface area contributed by atoms with Gasteiger partial charge in [0.2, 0.25) is 5.91 Å². The Morgan fingerprint density at radius 1 is 1.05 bits per heavy atom. The molecule has 0 saturated carbocycles. The van der Waals surface area contributed by atoms with Gasteiger partial charge in [-0.1, -0.05) is 12.1 Å². The van der Waals surface area contributed by atoms with Gasteiger partial charge in [-0.05, 0) is 37.1 Å². The molecule has 0 spiro atoms. The Hall–Kier alpha value is -3.85. The molecule has 2 aliphatic heterocycles. The third kappa shape index (κ3) is 6.72. The van der Waals surface area contributed by atoms with E-state index in [0.29, 0.717) is 57.7 Å². The van der Waals surface area contributed by atoms with Crippen LogP contribution in [-0.4, -0.2) is 72.5 Å². The Morgan fingerprint density at radius 3 is 2.29 bits per heavy atom. The minimum absolute atomic E-state index is 0.0542. The summed E-state index contributed by atoms with van der Waals surface area (Å²) in [6.45, 7) is 11.8. The first-order chi connectivity index (χ1) is 18.1. The molecular formula is C26H29F3N6O3. The van der Waals surface area contributed by atoms with Gasteiger partial charge in [0.05, 0.1) is 11.5 Å². The van der Waals surface area contributed by atoms with Crippen LogP contribution in [0.5, 0.6) is 0 Å². The van der Waals surface area contributed by atoms with Crippen LogP contribution in [0.3, 0.4) is 0 Å². The molecule has 9 nitrogen and oxygen atoms in total. The van der Waals surface area contributed by atoms with Gasteiger partial charge in [-0.3, -0.25) is 14.9 Å². The van der Waals surface area contributed by atoms with Crippen molar-refractivity contribution in [2.75, 3.05) is 56.0 Å². The zero-order valence-corrected chi connectivity index (χ0v) is 20.8. The van der Waals surface area contributed by atoms with Crippen molar-refractivity contribution in [3.05, 3.63) is 69.6 Å². The van der Waals surface area contributed by atoms with Crippen LogP contribution in [0, 0.1) is 16.7 Å². The van der Waals surface area contributed by atoms with Crippen LogP contribution in [0.1, 0.15) is 24.8 Å². The van der Waals surface area contributed by atoms with Crippen molar-refractivity contribution >= 4 is 28.7 Å². The van der Waals surface area contributed by atoms with Crippen molar-refractivity contribution in [3.8, 4) is 0 Å². The molecule has 0 aliphatic carbocycles. The number of anilines is 2. The number of nitrogens with one attached hydrogen (secondary N) is 1. The lowest BCUT2D eigenvalue weighted by atomic mass is 10.0. The number of piperazine rings is 1. The molecule has 38 heavy (non-hydrogen) atoms. The lowest BCUT2D eigenvalue weighted by molar-refractivity contribution is -0.388. The van der Waals surface area contributed by atoms with Gasteiger partial charge in [0.15, 0.2) is 5.69 Å². The van der Waals surface area contributed by atoms with E-state index in [1.165, 1.54) is 6.07 Å². The molecule has 2 aromatic rings. The Labute approximate surface area is 218 Å². The number of hydrogen-bond acceptors (Lipinski definition) is 6. The highest BCUT2D eigenvalue weighted by molar-refractivity contribution is 5.76. The number of amides is 1. The molecule has 2 heterocycles. The van der Waals surface area contributed by atoms with E-state index in [0.717, 1.165) is 30.9 Å². The summed E-state index contributed by atoms with van der Waals surface area (Å²) in [5.41, 5.74) is -0.367. The van der Waals surface area contributed by atoms with Crippen molar-refractivity contribution in [3.63, 3.8) is 0 Å². The minimum atomic E-state index is -4.81. The number of rotatable bonds is 7. The maximum absolute atomic E-state index is 13.2. The lowest BCUT2D eigenvalue weighted by Gasteiger charge is -2.37. The number of likely N-dealkylation sites (tertiary alicyclic amines) is 1. The maximum Gasteiger partial charge on any atom is 0.423 e. The summed E-state index contributed by atoms with van der Waals surface area (Å²) in [4.78, 5) is 32.4. The van der Waals surface area contributed by atoms with Crippen LogP contribution >= 0.6 is 0 Å². The highest BCUT2D eigenvalue weighted by Crippen LogP contribution is 2.38. The maximum atomic E-state index is 13.2. The molecule has 12 heteroatoms. The van der Waals surface area contributed by atoms with Crippen molar-refractivity contribution in [1.29, 1.82) is 0 Å². The summed E-state index contributed by atoms with van der Waals surface area (Å²) in [5, 5.41) is 14.0. The zero-order valence-electron chi connectivity index (χ0n) is 20.8. The van der Waals surface area contributed by atoms with E-state index in [1.807, 2.05) is 17.0 Å². The SMILES string of the molecule is [C-]#[N+]c1ccc(N2CCN(C(=O)CCN3CCC(Nc4ccc([N+](=O)[O-])c(C(F)(F)F)c4)CC3)CC2)cc1. The van der Waals surface area contributed by atoms with E-state index in [4.69, 9.17) is 6.57 Å². The number of nitrogens with zero attached hydrogens (tertiary/aromatic N) is 5. The first-order valence-corrected chi connectivity index (χ1v) is 12.5. The molecular weight excluding hydrogens is 501 g/mol. The van der Waals surface area contributed by atoms with E-state index in [-0.39, 0.29) is 17.6 Å². The van der Waals surface area contributed by atoms with Gasteiger partial charge in [0, 0.05) is 75.7 Å². The van der Waals surface area contributed by atoms with E-state index in [9.17, 15) is 28.1 Å². The number of alkyl halides is 3. The van der Waals surface area contributed by atoms with Crippen molar-refractivity contribution in [1.82, 2.24) is 9.80 Å². The average molecular weight is 531 g/mol. The summed E-state index contributed by atoms with van der Waals surface area (Å²) in [7, 11) is 0. The standard InChI is InChI=1S/C26H29F3N6O3/c1-30-19-2-5-22(6-3-19)33-14-16-34(17-15-33)25(36)10-13-32-11-8-20(9-12-32)31-21-4-7-24(35(37)38)23(18-21)26(27,28)29/h2-7,18,20,31H,8-17H2. The van der Waals surface area contributed by atoms with Crippen LogP contribution in [0.15, 0.2) is 42.5 Å². The Kier molecular flexibility index (Phi) is 8.36. The predicted molar refractivity (Wildman–Crippen MR) is 137 cm³/mol. The first kappa shape index (κ1) is 27.2. The van der Waals surface area contributed by atoms with E-state index >= 15 is 0 Å². The second-order valence-electron chi connectivity index (χ2n) is 9.49. The molecule has 2 saturated heterocycles. The monoisotopic (exact) mass is 530 g/mol. The highest BCUT2D eigenvalue weighted by atomic mass is 19.4. The van der Waals surface area contributed by atoms with Gasteiger partial charge < -0.3 is 20.0 Å². The van der Waals surface area contributed by atoms with Gasteiger partial charge in [-0.15, -0.1) is 0 Å². The van der Waals surface area contributed by atoms with Gasteiger partial charge in [-0.2, -0.15) is 13.2 Å². The third-order valence-corrected chi connectivity index (χ3v) is 7.08. The van der Waals surface area contributed by atoms with E-state index in [2.05, 4.69) is 20.0 Å². The fourth-order valence-corrected chi connectivity index (χ4v) is 4.91. The highest BCUT2D eigenvalue weighted by Gasteiger charge is 2.38. The van der Waals surface area contributed by atoms with Gasteiger partial charge in [-0.25, -0.2) is 4.85 Å². The van der Waals surface area contributed by atoms with Crippen LogP contribution in [0.4, 0.5) is 35.9 Å². The summed E-state index contributed by atoms with van der Waals surface area (Å²) < 4.78 is 39.7. The molecule has 1 N–H and O–H groups in total. The number of benzene rings is 2. The normalized spacial score (nSPS) is 17.2. The third-order valence-electron chi connectivity index (χ3n) is 7.08. The average Bonchev–Trinajstić information content (AvgIpc) is 2.92. The number of hydrogen-bond donors (Lipinski definition) is 1. The summed E-state index contributed by atoms with van der Waals surface area (Å²) in [5.74, 6) is 0.110. The van der Waals surface area contributed by atoms with Crippen molar-refractivity contribution in [2.24, 2.45) is 0 Å². The zero-order chi connectivity index (χ0) is 27.3. The minimum Gasteiger partial charge on any atom is -0.382 e. The molecule has 0 unspecified atom stereocenters. The molecule has 1 amide bonds. The molecule has 2 aromatic carbocycles. The second kappa shape index (κ2) is 11.7. The van der Waals surface area contributed by atoms with Gasteiger partial charge >= 0.3 is 6.18 Å². The van der Waals surface area contributed by atoms with E-state index < -0.39 is 22.4 Å². The number of nitro groups is 1. The quantitative estimate of drug-likeness (QED) is 0.315. The molecule has 202 valence electrons. The molecule has 0 aromatic heterocycles. The van der Waals surface area contributed by atoms with Crippen LogP contribution in [0.25, 0.3) is 4.85 Å². The van der Waals surface area contributed by atoms with Crippen LogP contribution in [0.2, 0.25) is 0 Å². The Morgan fingerprint density at radius 2 is 1.71 bits per heavy atom. The lowest BCUT2D eigenvalue weighted by Crippen LogP contribution is -2.49. The summed E-state index contributed by atoms with van der Waals surface area (Å²) in [6.07, 6.45) is -3.02. The number of carbonyl (C=O) groups is 1. The Bertz CT molecular complexity index is 1180. The molecule has 0 bridgehead atoms. The van der Waals surface area contributed by atoms with Crippen molar-refractivity contribution in [2.45, 2.75) is 31.5 Å².